The number of carbonyl (C=O) groups excluding carboxylic acids is 5. The van der Waals surface area contributed by atoms with Crippen molar-refractivity contribution in [2.45, 2.75) is 329 Å². The van der Waals surface area contributed by atoms with Gasteiger partial charge in [-0.1, -0.05) is 249 Å². The lowest BCUT2D eigenvalue weighted by molar-refractivity contribution is -0.196. The maximum atomic E-state index is 13.7. The lowest BCUT2D eigenvalue weighted by Gasteiger charge is -2.32. The number of hydrogen-bond acceptors (Lipinski definition) is 10. The Morgan fingerprint density at radius 3 is 0.976 bits per heavy atom. The summed E-state index contributed by atoms with van der Waals surface area (Å²) in [4.78, 5) is 70.7. The van der Waals surface area contributed by atoms with Gasteiger partial charge in [0.05, 0.1) is 6.42 Å². The Hall–Kier alpha value is -4.34. The molecule has 0 saturated heterocycles. The molecule has 0 aliphatic heterocycles. The molecule has 0 fully saturated rings. The van der Waals surface area contributed by atoms with E-state index in [2.05, 4.69) is 69.1 Å². The van der Waals surface area contributed by atoms with Crippen molar-refractivity contribution in [1.29, 1.82) is 0 Å². The van der Waals surface area contributed by atoms with Crippen LogP contribution in [-0.2, 0) is 38.1 Å². The van der Waals surface area contributed by atoms with Gasteiger partial charge in [0.25, 0.3) is 0 Å². The van der Waals surface area contributed by atoms with Gasteiger partial charge in [-0.3, -0.25) is 29.0 Å². The van der Waals surface area contributed by atoms with Crippen molar-refractivity contribution in [3.63, 3.8) is 0 Å². The number of rotatable bonds is 60. The second kappa shape index (κ2) is 58.1. The summed E-state index contributed by atoms with van der Waals surface area (Å²) in [6.45, 7) is 7.60. The fourth-order valence-corrected chi connectivity index (χ4v) is 9.94. The van der Waals surface area contributed by atoms with Crippen molar-refractivity contribution in [2.24, 2.45) is 4.99 Å². The summed E-state index contributed by atoms with van der Waals surface area (Å²) >= 11 is 0. The van der Waals surface area contributed by atoms with E-state index in [1.54, 1.807) is 18.3 Å². The highest BCUT2D eigenvalue weighted by atomic mass is 16.6. The fraction of sp³-hybridized carbons (Fsp3) is 0.753. The Kier molecular flexibility index (Phi) is 53.6. The minimum atomic E-state index is -1.75. The Labute approximate surface area is 508 Å². The van der Waals surface area contributed by atoms with E-state index in [4.69, 9.17) is 18.9 Å². The summed E-state index contributed by atoms with van der Waals surface area (Å²) in [5, 5.41) is 0. The predicted molar refractivity (Wildman–Crippen MR) is 347 cm³/mol. The molecule has 0 heterocycles. The van der Waals surface area contributed by atoms with Crippen LogP contribution in [0.4, 0.5) is 0 Å². The summed E-state index contributed by atoms with van der Waals surface area (Å²) in [5.74, 6) is -1.91. The van der Waals surface area contributed by atoms with Crippen LogP contribution >= 0.6 is 0 Å². The van der Waals surface area contributed by atoms with Crippen molar-refractivity contribution in [3.05, 3.63) is 71.8 Å². The molecular formula is C73H123NO9. The topological polar surface area (TPSA) is 135 Å². The monoisotopic (exact) mass is 1160 g/mol. The molecule has 0 unspecified atom stereocenters. The molecule has 0 N–H and O–H groups in total. The number of Topliss-reactive ketones (excluding diaryl/α,β-unsaturated/α-hetero) is 1. The van der Waals surface area contributed by atoms with E-state index in [0.29, 0.717) is 31.2 Å². The number of nitrogens with zero attached hydrogens (tertiary/aromatic N) is 1. The summed E-state index contributed by atoms with van der Waals surface area (Å²) in [7, 11) is 0. The minimum absolute atomic E-state index is 0.0892. The zero-order chi connectivity index (χ0) is 60.2. The summed E-state index contributed by atoms with van der Waals surface area (Å²) in [5.41, 5.74) is -0.310. The largest absolute Gasteiger partial charge is 0.461 e. The van der Waals surface area contributed by atoms with E-state index in [0.717, 1.165) is 134 Å². The maximum Gasteiger partial charge on any atom is 0.308 e. The number of aliphatic imine (C=N–C) groups is 1. The van der Waals surface area contributed by atoms with Gasteiger partial charge < -0.3 is 18.9 Å². The number of allylic oxidation sites excluding steroid dienone is 6. The van der Waals surface area contributed by atoms with Crippen LogP contribution in [0.3, 0.4) is 0 Å². The average Bonchev–Trinajstić information content (AvgIpc) is 3.49. The summed E-state index contributed by atoms with van der Waals surface area (Å²) < 4.78 is 23.6. The first-order chi connectivity index (χ1) is 40.7. The second-order valence-corrected chi connectivity index (χ2v) is 23.6. The smallest absolute Gasteiger partial charge is 0.308 e. The van der Waals surface area contributed by atoms with Crippen molar-refractivity contribution in [1.82, 2.24) is 0 Å². The third kappa shape index (κ3) is 49.6. The number of ether oxygens (including phenoxy) is 4. The molecule has 0 radical (unpaired) electrons. The SMILES string of the molecule is CCCCCCCC/C=C\CCCCCCCC(=O)OCC(COC(=O)CCCCCCC/C=C\CCCCCCCC)(COC(=O)CCCCCCC/C=C\CCCCCCCC)OC(=O)CCN=Cc1ccc(C(=O)CCCC)cc1. The highest BCUT2D eigenvalue weighted by molar-refractivity contribution is 5.96. The van der Waals surface area contributed by atoms with Crippen LogP contribution in [0.1, 0.15) is 339 Å². The van der Waals surface area contributed by atoms with Gasteiger partial charge in [0.1, 0.15) is 19.8 Å². The van der Waals surface area contributed by atoms with Gasteiger partial charge in [-0.25, -0.2) is 0 Å². The quantitative estimate of drug-likeness (QED) is 0.0156. The van der Waals surface area contributed by atoms with Gasteiger partial charge in [-0.05, 0) is 108 Å². The molecule has 474 valence electrons. The van der Waals surface area contributed by atoms with Crippen LogP contribution in [0.5, 0.6) is 0 Å². The predicted octanol–water partition coefficient (Wildman–Crippen LogP) is 20.9. The Bertz CT molecular complexity index is 1700. The molecule has 0 aromatic heterocycles. The lowest BCUT2D eigenvalue weighted by Crippen LogP contribution is -2.50. The van der Waals surface area contributed by atoms with E-state index in [1.165, 1.54) is 116 Å². The highest BCUT2D eigenvalue weighted by Gasteiger charge is 2.40. The Morgan fingerprint density at radius 1 is 0.349 bits per heavy atom. The third-order valence-electron chi connectivity index (χ3n) is 15.4. The maximum absolute atomic E-state index is 13.7. The molecule has 1 aromatic rings. The molecule has 0 saturated carbocycles. The van der Waals surface area contributed by atoms with E-state index in [1.807, 2.05) is 12.1 Å². The van der Waals surface area contributed by atoms with Gasteiger partial charge in [-0.15, -0.1) is 0 Å². The number of unbranched alkanes of at least 4 members (excludes halogenated alkanes) is 34. The van der Waals surface area contributed by atoms with Gasteiger partial charge in [0.2, 0.25) is 5.60 Å². The highest BCUT2D eigenvalue weighted by Crippen LogP contribution is 2.21. The third-order valence-corrected chi connectivity index (χ3v) is 15.4. The number of ketones is 1. The molecule has 1 aromatic carbocycles. The normalized spacial score (nSPS) is 11.9. The number of carbonyl (C=O) groups is 5. The first kappa shape index (κ1) is 76.7. The van der Waals surface area contributed by atoms with Crippen molar-refractivity contribution >= 4 is 35.9 Å². The zero-order valence-corrected chi connectivity index (χ0v) is 53.8. The number of benzene rings is 1. The van der Waals surface area contributed by atoms with E-state index >= 15 is 0 Å². The van der Waals surface area contributed by atoms with E-state index < -0.39 is 49.3 Å². The van der Waals surface area contributed by atoms with Crippen LogP contribution < -0.4 is 0 Å². The first-order valence-corrected chi connectivity index (χ1v) is 34.4. The van der Waals surface area contributed by atoms with Crippen LogP contribution in [0.25, 0.3) is 0 Å². The van der Waals surface area contributed by atoms with Gasteiger partial charge >= 0.3 is 23.9 Å². The molecule has 0 aliphatic carbocycles. The van der Waals surface area contributed by atoms with Crippen LogP contribution in [0.2, 0.25) is 0 Å². The van der Waals surface area contributed by atoms with E-state index in [-0.39, 0.29) is 38.0 Å². The summed E-state index contributed by atoms with van der Waals surface area (Å²) in [6.07, 6.45) is 63.0. The Balaban J connectivity index is 2.96. The minimum Gasteiger partial charge on any atom is -0.461 e. The van der Waals surface area contributed by atoms with E-state index in [9.17, 15) is 24.0 Å². The fourth-order valence-electron chi connectivity index (χ4n) is 9.94. The molecule has 1 rings (SSSR count). The number of hydrogen-bond donors (Lipinski definition) is 0. The average molecular weight is 1160 g/mol. The molecule has 0 atom stereocenters. The summed E-state index contributed by atoms with van der Waals surface area (Å²) in [6, 6.07) is 7.24. The molecule has 0 amide bonds. The van der Waals surface area contributed by atoms with Crippen LogP contribution in [-0.4, -0.2) is 67.8 Å². The second-order valence-electron chi connectivity index (χ2n) is 23.6. The number of esters is 4. The van der Waals surface area contributed by atoms with Crippen LogP contribution in [0, 0.1) is 0 Å². The van der Waals surface area contributed by atoms with Crippen molar-refractivity contribution < 1.29 is 42.9 Å². The van der Waals surface area contributed by atoms with Gasteiger partial charge in [0.15, 0.2) is 5.78 Å². The molecule has 83 heavy (non-hydrogen) atoms. The first-order valence-electron chi connectivity index (χ1n) is 34.4. The van der Waals surface area contributed by atoms with Crippen LogP contribution in [0.15, 0.2) is 65.7 Å². The zero-order valence-electron chi connectivity index (χ0n) is 53.8. The molecule has 10 nitrogen and oxygen atoms in total. The Morgan fingerprint density at radius 2 is 0.651 bits per heavy atom. The standard InChI is InChI=1S/C73H123NO9/c1-5-9-13-16-19-22-25-28-31-34-37-40-43-46-49-53-69(76)80-63-73(83-72(79)60-61-74-62-66-56-58-67(59-57-66)68(75)52-12-8-4,64-81-70(77)54-50-47-44-41-38-35-32-29-26-23-20-17-14-10-6-2)65-82-71(78)55-51-48-45-42-39-36-33-30-27-24-21-18-15-11-7-3/h28-33,56-59,62H,5-27,34-55,60-61,63-65H2,1-4H3/b31-28-,32-29-,33-30-,74-62?. The van der Waals surface area contributed by atoms with Crippen molar-refractivity contribution in [2.75, 3.05) is 26.4 Å². The molecule has 0 aliphatic rings. The van der Waals surface area contributed by atoms with Gasteiger partial charge in [0, 0.05) is 44.0 Å². The molecule has 0 spiro atoms. The molecule has 10 heteroatoms. The van der Waals surface area contributed by atoms with Crippen molar-refractivity contribution in [3.8, 4) is 0 Å². The lowest BCUT2D eigenvalue weighted by atomic mass is 10.0. The molecular weight excluding hydrogens is 1030 g/mol. The molecule has 0 bridgehead atoms. The van der Waals surface area contributed by atoms with Gasteiger partial charge in [-0.2, -0.15) is 0 Å².